The maximum absolute atomic E-state index is 13.8. The lowest BCUT2D eigenvalue weighted by Gasteiger charge is -2.34. The van der Waals surface area contributed by atoms with Crippen molar-refractivity contribution < 1.29 is 13.9 Å². The average molecular weight is 332 g/mol. The molecule has 0 aliphatic carbocycles. The van der Waals surface area contributed by atoms with Crippen LogP contribution in [0, 0.1) is 11.7 Å². The van der Waals surface area contributed by atoms with Crippen molar-refractivity contribution in [3.8, 4) is 0 Å². The number of hydrogen-bond donors (Lipinski definition) is 0. The zero-order valence-corrected chi connectivity index (χ0v) is 14.0. The van der Waals surface area contributed by atoms with Crippen molar-refractivity contribution in [2.24, 2.45) is 5.92 Å². The number of benzene rings is 1. The molecule has 3 aliphatic heterocycles. The summed E-state index contributed by atoms with van der Waals surface area (Å²) in [7, 11) is 0. The van der Waals surface area contributed by atoms with Crippen molar-refractivity contribution in [3.05, 3.63) is 35.6 Å². The van der Waals surface area contributed by atoms with Crippen LogP contribution in [0.25, 0.3) is 0 Å². The SMILES string of the molecule is O=C([C@H]1C[C@@H]2CCN(Cc3ccccc3F)C[C@@H]2O1)N1CCCC1. The zero-order chi connectivity index (χ0) is 16.5. The van der Waals surface area contributed by atoms with Crippen LogP contribution in [0.15, 0.2) is 24.3 Å². The van der Waals surface area contributed by atoms with E-state index in [1.165, 1.54) is 6.07 Å². The number of nitrogens with zero attached hydrogens (tertiary/aromatic N) is 2. The van der Waals surface area contributed by atoms with Gasteiger partial charge in [-0.3, -0.25) is 9.69 Å². The minimum absolute atomic E-state index is 0.113. The fraction of sp³-hybridized carbons (Fsp3) is 0.632. The zero-order valence-electron chi connectivity index (χ0n) is 14.0. The predicted molar refractivity (Wildman–Crippen MR) is 88.9 cm³/mol. The smallest absolute Gasteiger partial charge is 0.251 e. The highest BCUT2D eigenvalue weighted by Crippen LogP contribution is 2.35. The van der Waals surface area contributed by atoms with Crippen LogP contribution in [0.4, 0.5) is 4.39 Å². The van der Waals surface area contributed by atoms with Crippen molar-refractivity contribution in [3.63, 3.8) is 0 Å². The Morgan fingerprint density at radius 3 is 2.79 bits per heavy atom. The molecule has 0 radical (unpaired) electrons. The van der Waals surface area contributed by atoms with E-state index in [9.17, 15) is 9.18 Å². The molecular weight excluding hydrogens is 307 g/mol. The van der Waals surface area contributed by atoms with E-state index in [4.69, 9.17) is 4.74 Å². The van der Waals surface area contributed by atoms with Gasteiger partial charge in [0.15, 0.2) is 0 Å². The summed E-state index contributed by atoms with van der Waals surface area (Å²) >= 11 is 0. The summed E-state index contributed by atoms with van der Waals surface area (Å²) in [6.07, 6.45) is 3.97. The van der Waals surface area contributed by atoms with Gasteiger partial charge in [0, 0.05) is 31.7 Å². The Morgan fingerprint density at radius 2 is 2.00 bits per heavy atom. The molecule has 3 heterocycles. The summed E-state index contributed by atoms with van der Waals surface area (Å²) in [6, 6.07) is 6.96. The fourth-order valence-electron chi connectivity index (χ4n) is 4.31. The van der Waals surface area contributed by atoms with Crippen molar-refractivity contribution in [2.45, 2.75) is 44.4 Å². The molecule has 3 atom stereocenters. The van der Waals surface area contributed by atoms with Crippen molar-refractivity contribution in [1.82, 2.24) is 9.80 Å². The molecule has 0 unspecified atom stereocenters. The molecule has 24 heavy (non-hydrogen) atoms. The van der Waals surface area contributed by atoms with Gasteiger partial charge in [0.2, 0.25) is 0 Å². The molecule has 4 nitrogen and oxygen atoms in total. The van der Waals surface area contributed by atoms with Crippen LogP contribution in [0.2, 0.25) is 0 Å². The lowest BCUT2D eigenvalue weighted by Crippen LogP contribution is -2.42. The minimum Gasteiger partial charge on any atom is -0.364 e. The van der Waals surface area contributed by atoms with Crippen LogP contribution >= 0.6 is 0 Å². The number of amides is 1. The lowest BCUT2D eigenvalue weighted by atomic mass is 9.91. The summed E-state index contributed by atoms with van der Waals surface area (Å²) in [4.78, 5) is 16.8. The van der Waals surface area contributed by atoms with Crippen LogP contribution in [0.5, 0.6) is 0 Å². The first-order chi connectivity index (χ1) is 11.7. The first-order valence-electron chi connectivity index (χ1n) is 9.11. The van der Waals surface area contributed by atoms with E-state index in [1.807, 2.05) is 17.0 Å². The highest BCUT2D eigenvalue weighted by atomic mass is 19.1. The molecule has 0 aromatic heterocycles. The van der Waals surface area contributed by atoms with Crippen molar-refractivity contribution in [1.29, 1.82) is 0 Å². The van der Waals surface area contributed by atoms with E-state index in [0.29, 0.717) is 12.5 Å². The quantitative estimate of drug-likeness (QED) is 0.852. The highest BCUT2D eigenvalue weighted by Gasteiger charge is 2.43. The molecule has 3 saturated heterocycles. The minimum atomic E-state index is -0.258. The molecule has 130 valence electrons. The Morgan fingerprint density at radius 1 is 1.21 bits per heavy atom. The molecule has 5 heteroatoms. The second kappa shape index (κ2) is 6.81. The molecule has 1 aromatic carbocycles. The number of piperidine rings is 1. The van der Waals surface area contributed by atoms with E-state index in [0.717, 1.165) is 57.4 Å². The standard InChI is InChI=1S/C19H25FN2O2/c20-16-6-2-1-5-15(16)12-21-10-7-14-11-17(24-18(14)13-21)19(23)22-8-3-4-9-22/h1-2,5-6,14,17-18H,3-4,7-13H2/t14-,17+,18-/m0/s1. The second-order valence-corrected chi connectivity index (χ2v) is 7.31. The third kappa shape index (κ3) is 3.20. The van der Waals surface area contributed by atoms with Gasteiger partial charge in [-0.05, 0) is 44.2 Å². The topological polar surface area (TPSA) is 32.8 Å². The van der Waals surface area contributed by atoms with Crippen molar-refractivity contribution in [2.75, 3.05) is 26.2 Å². The van der Waals surface area contributed by atoms with E-state index in [2.05, 4.69) is 4.90 Å². The maximum Gasteiger partial charge on any atom is 0.251 e. The first-order valence-corrected chi connectivity index (χ1v) is 9.11. The molecular formula is C19H25FN2O2. The molecule has 0 N–H and O–H groups in total. The average Bonchev–Trinajstić information content (AvgIpc) is 3.25. The van der Waals surface area contributed by atoms with Crippen LogP contribution in [0.3, 0.4) is 0 Å². The van der Waals surface area contributed by atoms with Gasteiger partial charge < -0.3 is 9.64 Å². The van der Waals surface area contributed by atoms with Gasteiger partial charge in [-0.25, -0.2) is 4.39 Å². The number of ether oxygens (including phenoxy) is 1. The largest absolute Gasteiger partial charge is 0.364 e. The maximum atomic E-state index is 13.8. The molecule has 0 spiro atoms. The van der Waals surface area contributed by atoms with Gasteiger partial charge >= 0.3 is 0 Å². The Labute approximate surface area is 142 Å². The third-order valence-corrected chi connectivity index (χ3v) is 5.68. The summed E-state index contributed by atoms with van der Waals surface area (Å²) in [5.41, 5.74) is 0.735. The molecule has 1 amide bonds. The van der Waals surface area contributed by atoms with Gasteiger partial charge in [-0.15, -0.1) is 0 Å². The molecule has 3 aliphatic rings. The molecule has 3 fully saturated rings. The Bertz CT molecular complexity index is 603. The monoisotopic (exact) mass is 332 g/mol. The van der Waals surface area contributed by atoms with E-state index >= 15 is 0 Å². The Kier molecular flexibility index (Phi) is 4.55. The Hall–Kier alpha value is -1.46. The number of halogens is 1. The number of likely N-dealkylation sites (tertiary alicyclic amines) is 2. The Balaban J connectivity index is 1.35. The van der Waals surface area contributed by atoms with Crippen LogP contribution in [0.1, 0.15) is 31.2 Å². The molecule has 4 rings (SSSR count). The summed E-state index contributed by atoms with van der Waals surface area (Å²) < 4.78 is 20.0. The van der Waals surface area contributed by atoms with Crippen molar-refractivity contribution >= 4 is 5.91 Å². The van der Waals surface area contributed by atoms with Crippen LogP contribution in [-0.4, -0.2) is 54.1 Å². The van der Waals surface area contributed by atoms with Gasteiger partial charge in [0.05, 0.1) is 6.10 Å². The summed E-state index contributed by atoms with van der Waals surface area (Å²) in [5, 5.41) is 0. The number of carbonyl (C=O) groups excluding carboxylic acids is 1. The third-order valence-electron chi connectivity index (χ3n) is 5.68. The number of fused-ring (bicyclic) bond motifs is 1. The van der Waals surface area contributed by atoms with Crippen LogP contribution < -0.4 is 0 Å². The first kappa shape index (κ1) is 16.0. The lowest BCUT2D eigenvalue weighted by molar-refractivity contribution is -0.142. The summed E-state index contributed by atoms with van der Waals surface area (Å²) in [5.74, 6) is 0.509. The molecule has 0 saturated carbocycles. The van der Waals surface area contributed by atoms with Gasteiger partial charge in [0.1, 0.15) is 11.9 Å². The second-order valence-electron chi connectivity index (χ2n) is 7.31. The predicted octanol–water partition coefficient (Wildman–Crippen LogP) is 2.43. The van der Waals surface area contributed by atoms with Gasteiger partial charge in [0.25, 0.3) is 5.91 Å². The number of rotatable bonds is 3. The normalized spacial score (nSPS) is 30.5. The molecule has 1 aromatic rings. The van der Waals surface area contributed by atoms with Crippen LogP contribution in [-0.2, 0) is 16.1 Å². The number of carbonyl (C=O) groups is 1. The van der Waals surface area contributed by atoms with E-state index in [-0.39, 0.29) is 23.9 Å². The number of hydrogen-bond acceptors (Lipinski definition) is 3. The van der Waals surface area contributed by atoms with Gasteiger partial charge in [-0.2, -0.15) is 0 Å². The highest BCUT2D eigenvalue weighted by molar-refractivity contribution is 5.81. The fourth-order valence-corrected chi connectivity index (χ4v) is 4.31. The van der Waals surface area contributed by atoms with E-state index < -0.39 is 0 Å². The van der Waals surface area contributed by atoms with Gasteiger partial charge in [-0.1, -0.05) is 18.2 Å². The molecule has 0 bridgehead atoms. The van der Waals surface area contributed by atoms with E-state index in [1.54, 1.807) is 6.07 Å². The summed E-state index contributed by atoms with van der Waals surface area (Å²) in [6.45, 7) is 4.12.